The van der Waals surface area contributed by atoms with Crippen LogP contribution >= 0.6 is 11.6 Å². The van der Waals surface area contributed by atoms with Crippen molar-refractivity contribution >= 4 is 51.9 Å². The molecule has 0 bridgehead atoms. The third kappa shape index (κ3) is 8.59. The average molecular weight is 584 g/mol. The molecule has 0 radical (unpaired) electrons. The molecular weight excluding hydrogens is 546 g/mol. The van der Waals surface area contributed by atoms with Gasteiger partial charge in [-0.15, -0.1) is 0 Å². The largest absolute Gasteiger partial charge is 0.494 e. The van der Waals surface area contributed by atoms with Crippen molar-refractivity contribution < 1.29 is 19.0 Å². The number of ether oxygens (including phenoxy) is 3. The Balaban J connectivity index is 1.49. The number of halogens is 1. The first kappa shape index (κ1) is 30.2. The standard InChI is InChI=1S/C29H38ClN7O4/c1-19(38)33-23-14-24(27(39-5)15-25(23)37(4)11-10-36(2)3)35-29-16-28(31-18-32-29)34-20-8-9-26(22(30)13-20)41-17-21-7-6-12-40-21/h8-9,13-16,18,21H,6-7,10-12,17H2,1-5H3,(H,33,38)(H2,31,32,34,35). The van der Waals surface area contributed by atoms with Crippen molar-refractivity contribution in [1.82, 2.24) is 14.9 Å². The molecule has 1 aliphatic rings. The Morgan fingerprint density at radius 1 is 1.05 bits per heavy atom. The molecule has 1 aromatic heterocycles. The van der Waals surface area contributed by atoms with Crippen LogP contribution in [0.15, 0.2) is 42.7 Å². The molecule has 0 spiro atoms. The van der Waals surface area contributed by atoms with Crippen molar-refractivity contribution in [2.45, 2.75) is 25.9 Å². The number of nitrogens with one attached hydrogen (secondary N) is 3. The van der Waals surface area contributed by atoms with Gasteiger partial charge in [0.2, 0.25) is 5.91 Å². The summed E-state index contributed by atoms with van der Waals surface area (Å²) in [6.45, 7) is 4.36. The van der Waals surface area contributed by atoms with Crippen LogP contribution < -0.4 is 30.3 Å². The smallest absolute Gasteiger partial charge is 0.221 e. The average Bonchev–Trinajstić information content (AvgIpc) is 3.45. The highest BCUT2D eigenvalue weighted by Crippen LogP contribution is 2.38. The van der Waals surface area contributed by atoms with Gasteiger partial charge in [-0.3, -0.25) is 4.79 Å². The van der Waals surface area contributed by atoms with Crippen molar-refractivity contribution in [3.8, 4) is 11.5 Å². The number of carbonyl (C=O) groups is 1. The lowest BCUT2D eigenvalue weighted by Crippen LogP contribution is -2.29. The van der Waals surface area contributed by atoms with E-state index in [2.05, 4.69) is 35.7 Å². The van der Waals surface area contributed by atoms with Crippen molar-refractivity contribution in [2.75, 3.05) is 75.4 Å². The second kappa shape index (κ2) is 14.2. The van der Waals surface area contributed by atoms with Gasteiger partial charge in [0, 0.05) is 51.5 Å². The Kier molecular flexibility index (Phi) is 10.4. The Hall–Kier alpha value is -3.80. The summed E-state index contributed by atoms with van der Waals surface area (Å²) >= 11 is 6.47. The van der Waals surface area contributed by atoms with E-state index in [1.54, 1.807) is 19.2 Å². The van der Waals surface area contributed by atoms with Crippen LogP contribution in [0.25, 0.3) is 0 Å². The van der Waals surface area contributed by atoms with E-state index in [0.29, 0.717) is 46.1 Å². The van der Waals surface area contributed by atoms with Gasteiger partial charge in [-0.25, -0.2) is 9.97 Å². The summed E-state index contributed by atoms with van der Waals surface area (Å²) in [6, 6.07) is 11.0. The number of nitrogens with zero attached hydrogens (tertiary/aromatic N) is 4. The third-order valence-electron chi connectivity index (χ3n) is 6.51. The minimum atomic E-state index is -0.168. The van der Waals surface area contributed by atoms with Crippen molar-refractivity contribution in [2.24, 2.45) is 0 Å². The molecule has 220 valence electrons. The fraction of sp³-hybridized carbons (Fsp3) is 0.414. The molecule has 1 atom stereocenters. The minimum absolute atomic E-state index is 0.115. The van der Waals surface area contributed by atoms with Gasteiger partial charge < -0.3 is 40.0 Å². The summed E-state index contributed by atoms with van der Waals surface area (Å²) in [6.07, 6.45) is 3.63. The fourth-order valence-corrected chi connectivity index (χ4v) is 4.58. The van der Waals surface area contributed by atoms with E-state index < -0.39 is 0 Å². The first-order chi connectivity index (χ1) is 19.7. The normalized spacial score (nSPS) is 14.6. The highest BCUT2D eigenvalue weighted by atomic mass is 35.5. The van der Waals surface area contributed by atoms with Crippen molar-refractivity contribution in [1.29, 1.82) is 0 Å². The minimum Gasteiger partial charge on any atom is -0.494 e. The van der Waals surface area contributed by atoms with Gasteiger partial charge in [-0.05, 0) is 51.2 Å². The van der Waals surface area contributed by atoms with Gasteiger partial charge in [0.25, 0.3) is 0 Å². The summed E-state index contributed by atoms with van der Waals surface area (Å²) in [4.78, 5) is 24.9. The van der Waals surface area contributed by atoms with Crippen LogP contribution in [0, 0.1) is 0 Å². The first-order valence-electron chi connectivity index (χ1n) is 13.5. The van der Waals surface area contributed by atoms with Gasteiger partial charge in [0.15, 0.2) is 0 Å². The molecule has 1 fully saturated rings. The zero-order valence-corrected chi connectivity index (χ0v) is 24.9. The second-order valence-corrected chi connectivity index (χ2v) is 10.5. The molecule has 3 N–H and O–H groups in total. The van der Waals surface area contributed by atoms with E-state index in [1.807, 2.05) is 45.4 Å². The van der Waals surface area contributed by atoms with E-state index in [4.69, 9.17) is 25.8 Å². The maximum absolute atomic E-state index is 12.0. The third-order valence-corrected chi connectivity index (χ3v) is 6.80. The van der Waals surface area contributed by atoms with Crippen LogP contribution in [0.2, 0.25) is 5.02 Å². The van der Waals surface area contributed by atoms with Crippen LogP contribution in [0.4, 0.5) is 34.4 Å². The van der Waals surface area contributed by atoms with Crippen LogP contribution in [0.5, 0.6) is 11.5 Å². The summed E-state index contributed by atoms with van der Waals surface area (Å²) in [5.74, 6) is 2.14. The molecule has 3 aromatic rings. The van der Waals surface area contributed by atoms with Crippen LogP contribution in [0.3, 0.4) is 0 Å². The van der Waals surface area contributed by atoms with Gasteiger partial charge in [0.1, 0.15) is 36.1 Å². The van der Waals surface area contributed by atoms with Gasteiger partial charge in [-0.1, -0.05) is 11.6 Å². The predicted octanol–water partition coefficient (Wildman–Crippen LogP) is 5.14. The molecule has 41 heavy (non-hydrogen) atoms. The van der Waals surface area contributed by atoms with E-state index in [1.165, 1.54) is 13.3 Å². The Labute approximate surface area is 246 Å². The van der Waals surface area contributed by atoms with Crippen molar-refractivity contribution in [3.63, 3.8) is 0 Å². The number of hydrogen-bond donors (Lipinski definition) is 3. The molecule has 2 aromatic carbocycles. The molecule has 1 unspecified atom stereocenters. The van der Waals surface area contributed by atoms with Gasteiger partial charge in [-0.2, -0.15) is 0 Å². The maximum Gasteiger partial charge on any atom is 0.221 e. The second-order valence-electron chi connectivity index (χ2n) is 10.1. The van der Waals surface area contributed by atoms with E-state index in [9.17, 15) is 4.79 Å². The summed E-state index contributed by atoms with van der Waals surface area (Å²) in [5, 5.41) is 9.97. The molecule has 1 aliphatic heterocycles. The number of amides is 1. The van der Waals surface area contributed by atoms with E-state index in [-0.39, 0.29) is 12.0 Å². The lowest BCUT2D eigenvalue weighted by molar-refractivity contribution is -0.114. The number of rotatable bonds is 13. The monoisotopic (exact) mass is 583 g/mol. The van der Waals surface area contributed by atoms with Crippen LogP contribution in [-0.2, 0) is 9.53 Å². The molecule has 1 amide bonds. The van der Waals surface area contributed by atoms with E-state index in [0.717, 1.165) is 43.9 Å². The number of likely N-dealkylation sites (N-methyl/N-ethyl adjacent to an activating group) is 2. The number of benzene rings is 2. The number of hydrogen-bond acceptors (Lipinski definition) is 10. The highest BCUT2D eigenvalue weighted by Gasteiger charge is 2.18. The Morgan fingerprint density at radius 3 is 2.49 bits per heavy atom. The SMILES string of the molecule is COc1cc(N(C)CCN(C)C)c(NC(C)=O)cc1Nc1cc(Nc2ccc(OCC3CCCO3)c(Cl)c2)ncn1. The zero-order valence-electron chi connectivity index (χ0n) is 24.2. The zero-order chi connectivity index (χ0) is 29.4. The summed E-state index contributed by atoms with van der Waals surface area (Å²) in [7, 11) is 7.63. The Bertz CT molecular complexity index is 1330. The molecular formula is C29H38ClN7O4. The molecule has 11 nitrogen and oxygen atoms in total. The topological polar surface area (TPSA) is 113 Å². The highest BCUT2D eigenvalue weighted by molar-refractivity contribution is 6.32. The van der Waals surface area contributed by atoms with Gasteiger partial charge >= 0.3 is 0 Å². The van der Waals surface area contributed by atoms with Crippen LogP contribution in [0.1, 0.15) is 19.8 Å². The predicted molar refractivity (Wildman–Crippen MR) is 164 cm³/mol. The van der Waals surface area contributed by atoms with Crippen molar-refractivity contribution in [3.05, 3.63) is 47.7 Å². The number of anilines is 6. The maximum atomic E-state index is 12.0. The fourth-order valence-electron chi connectivity index (χ4n) is 4.35. The number of methoxy groups -OCH3 is 1. The first-order valence-corrected chi connectivity index (χ1v) is 13.8. The molecule has 4 rings (SSSR count). The number of carbonyl (C=O) groups excluding carboxylic acids is 1. The van der Waals surface area contributed by atoms with E-state index >= 15 is 0 Å². The number of aromatic nitrogens is 2. The van der Waals surface area contributed by atoms with Crippen LogP contribution in [-0.4, -0.2) is 81.4 Å². The summed E-state index contributed by atoms with van der Waals surface area (Å²) in [5.41, 5.74) is 2.89. The molecule has 0 aliphatic carbocycles. The molecule has 1 saturated heterocycles. The molecule has 12 heteroatoms. The van der Waals surface area contributed by atoms with Gasteiger partial charge in [0.05, 0.1) is 35.3 Å². The summed E-state index contributed by atoms with van der Waals surface area (Å²) < 4.78 is 17.2. The Morgan fingerprint density at radius 2 is 1.83 bits per heavy atom. The molecule has 2 heterocycles. The lowest BCUT2D eigenvalue weighted by Gasteiger charge is -2.26. The lowest BCUT2D eigenvalue weighted by atomic mass is 10.2. The molecule has 0 saturated carbocycles. The quantitative estimate of drug-likeness (QED) is 0.250.